The van der Waals surface area contributed by atoms with Crippen LogP contribution in [0.25, 0.3) is 0 Å². The fraction of sp³-hybridized carbons (Fsp3) is 0.481. The maximum atomic E-state index is 13.4. The molecule has 9 heteroatoms. The number of carbonyl (C=O) groups excluding carboxylic acids is 2. The van der Waals surface area contributed by atoms with Gasteiger partial charge in [-0.1, -0.05) is 61.7 Å². The van der Waals surface area contributed by atoms with Crippen LogP contribution in [0.3, 0.4) is 0 Å². The van der Waals surface area contributed by atoms with E-state index in [0.717, 1.165) is 30.2 Å². The molecule has 0 heterocycles. The molecule has 0 aliphatic heterocycles. The normalized spacial score (nSPS) is 12.1. The second-order valence-electron chi connectivity index (χ2n) is 8.99. The second kappa shape index (κ2) is 14.2. The molecular weight excluding hydrogens is 498 g/mol. The smallest absolute Gasteiger partial charge is 0.242 e. The van der Waals surface area contributed by atoms with Crippen molar-refractivity contribution in [3.63, 3.8) is 0 Å². The molecule has 1 unspecified atom stereocenters. The maximum absolute atomic E-state index is 13.4. The Kier molecular flexibility index (Phi) is 11.7. The minimum Gasteiger partial charge on any atom is -0.354 e. The van der Waals surface area contributed by atoms with Crippen molar-refractivity contribution >= 4 is 39.1 Å². The molecular formula is C27H38ClN3O4S. The summed E-state index contributed by atoms with van der Waals surface area (Å²) < 4.78 is 26.2. The third-order valence-electron chi connectivity index (χ3n) is 5.96. The van der Waals surface area contributed by atoms with Crippen LogP contribution < -0.4 is 9.62 Å². The number of carbonyl (C=O) groups is 2. The van der Waals surface area contributed by atoms with E-state index in [4.69, 9.17) is 11.6 Å². The lowest BCUT2D eigenvalue weighted by Crippen LogP contribution is -2.49. The zero-order valence-corrected chi connectivity index (χ0v) is 23.2. The number of anilines is 1. The maximum Gasteiger partial charge on any atom is 0.242 e. The van der Waals surface area contributed by atoms with Crippen LogP contribution in [0.1, 0.15) is 57.1 Å². The van der Waals surface area contributed by atoms with E-state index in [1.807, 2.05) is 38.1 Å². The predicted octanol–water partition coefficient (Wildman–Crippen LogP) is 4.92. The number of benzene rings is 2. The summed E-state index contributed by atoms with van der Waals surface area (Å²) in [5.74, 6) is -0.370. The standard InChI is InChI=1S/C27H38ClN3O4S/c1-5-7-18-29-27(33)25(6-2)30(20-22-12-14-23(28)15-13-22)26(32)9-8-19-31(36(4,34)35)24-16-10-21(3)11-17-24/h10-17,25H,5-9,18-20H2,1-4H3,(H,29,33). The van der Waals surface area contributed by atoms with Crippen molar-refractivity contribution in [2.75, 3.05) is 23.7 Å². The van der Waals surface area contributed by atoms with Crippen LogP contribution >= 0.6 is 11.6 Å². The topological polar surface area (TPSA) is 86.8 Å². The summed E-state index contributed by atoms with van der Waals surface area (Å²) in [5.41, 5.74) is 2.46. The van der Waals surface area contributed by atoms with Gasteiger partial charge in [0.15, 0.2) is 0 Å². The molecule has 0 aliphatic carbocycles. The summed E-state index contributed by atoms with van der Waals surface area (Å²) in [6, 6.07) is 13.8. The Balaban J connectivity index is 2.18. The van der Waals surface area contributed by atoms with Gasteiger partial charge in [-0.15, -0.1) is 0 Å². The van der Waals surface area contributed by atoms with Crippen LogP contribution in [-0.2, 0) is 26.2 Å². The number of halogens is 1. The van der Waals surface area contributed by atoms with Crippen LogP contribution in [0.4, 0.5) is 5.69 Å². The first kappa shape index (κ1) is 29.6. The summed E-state index contributed by atoms with van der Waals surface area (Å²) in [6.07, 6.45) is 3.90. The van der Waals surface area contributed by atoms with Crippen LogP contribution in [0.5, 0.6) is 0 Å². The summed E-state index contributed by atoms with van der Waals surface area (Å²) in [4.78, 5) is 28.0. The summed E-state index contributed by atoms with van der Waals surface area (Å²) in [5, 5.41) is 3.54. The highest BCUT2D eigenvalue weighted by molar-refractivity contribution is 7.92. The molecule has 0 radical (unpaired) electrons. The Morgan fingerprint density at radius 1 is 1.00 bits per heavy atom. The quantitative estimate of drug-likeness (QED) is 0.348. The molecule has 2 rings (SSSR count). The zero-order chi connectivity index (χ0) is 26.7. The molecule has 2 aromatic rings. The van der Waals surface area contributed by atoms with Gasteiger partial charge >= 0.3 is 0 Å². The molecule has 0 spiro atoms. The summed E-state index contributed by atoms with van der Waals surface area (Å²) >= 11 is 6.02. The molecule has 0 fully saturated rings. The zero-order valence-electron chi connectivity index (χ0n) is 21.7. The Morgan fingerprint density at radius 2 is 1.64 bits per heavy atom. The largest absolute Gasteiger partial charge is 0.354 e. The van der Waals surface area contributed by atoms with Crippen molar-refractivity contribution in [1.29, 1.82) is 0 Å². The first-order valence-corrected chi connectivity index (χ1v) is 14.7. The average Bonchev–Trinajstić information content (AvgIpc) is 2.83. The van der Waals surface area contributed by atoms with Crippen molar-refractivity contribution < 1.29 is 18.0 Å². The van der Waals surface area contributed by atoms with Crippen molar-refractivity contribution in [2.45, 2.75) is 65.5 Å². The molecule has 7 nitrogen and oxygen atoms in total. The molecule has 2 aromatic carbocycles. The number of hydrogen-bond donors (Lipinski definition) is 1. The Hall–Kier alpha value is -2.58. The van der Waals surface area contributed by atoms with E-state index in [1.54, 1.807) is 29.2 Å². The van der Waals surface area contributed by atoms with Crippen LogP contribution in [-0.4, -0.2) is 50.5 Å². The minimum absolute atomic E-state index is 0.115. The highest BCUT2D eigenvalue weighted by Crippen LogP contribution is 2.20. The molecule has 2 amide bonds. The van der Waals surface area contributed by atoms with Crippen LogP contribution in [0.15, 0.2) is 48.5 Å². The Bertz CT molecular complexity index is 1090. The van der Waals surface area contributed by atoms with Gasteiger partial charge in [-0.05, 0) is 56.0 Å². The lowest BCUT2D eigenvalue weighted by atomic mass is 10.1. The lowest BCUT2D eigenvalue weighted by Gasteiger charge is -2.31. The molecule has 0 aromatic heterocycles. The minimum atomic E-state index is -3.52. The van der Waals surface area contributed by atoms with Crippen molar-refractivity contribution in [3.8, 4) is 0 Å². The number of sulfonamides is 1. The third-order valence-corrected chi connectivity index (χ3v) is 7.40. The van der Waals surface area contributed by atoms with Crippen molar-refractivity contribution in [3.05, 3.63) is 64.7 Å². The lowest BCUT2D eigenvalue weighted by molar-refractivity contribution is -0.141. The van der Waals surface area contributed by atoms with E-state index in [1.165, 1.54) is 4.31 Å². The summed E-state index contributed by atoms with van der Waals surface area (Å²) in [7, 11) is -3.52. The van der Waals surface area contributed by atoms with E-state index >= 15 is 0 Å². The molecule has 1 atom stereocenters. The average molecular weight is 536 g/mol. The van der Waals surface area contributed by atoms with Gasteiger partial charge in [0, 0.05) is 31.1 Å². The van der Waals surface area contributed by atoms with Crippen molar-refractivity contribution in [2.24, 2.45) is 0 Å². The predicted molar refractivity (Wildman–Crippen MR) is 147 cm³/mol. The number of hydrogen-bond acceptors (Lipinski definition) is 4. The number of amides is 2. The molecule has 0 saturated carbocycles. The Labute approximate surface area is 220 Å². The first-order chi connectivity index (χ1) is 17.1. The highest BCUT2D eigenvalue weighted by atomic mass is 35.5. The molecule has 0 bridgehead atoms. The number of nitrogens with zero attached hydrogens (tertiary/aromatic N) is 2. The monoisotopic (exact) mass is 535 g/mol. The van der Waals surface area contributed by atoms with Gasteiger partial charge in [0.25, 0.3) is 0 Å². The van der Waals surface area contributed by atoms with E-state index in [0.29, 0.717) is 30.1 Å². The van der Waals surface area contributed by atoms with Gasteiger partial charge in [0.2, 0.25) is 21.8 Å². The number of rotatable bonds is 14. The van der Waals surface area contributed by atoms with Gasteiger partial charge < -0.3 is 10.2 Å². The number of nitrogens with one attached hydrogen (secondary N) is 1. The van der Waals surface area contributed by atoms with E-state index in [9.17, 15) is 18.0 Å². The fourth-order valence-electron chi connectivity index (χ4n) is 3.93. The van der Waals surface area contributed by atoms with Gasteiger partial charge in [-0.2, -0.15) is 0 Å². The fourth-order valence-corrected chi connectivity index (χ4v) is 5.02. The first-order valence-electron chi connectivity index (χ1n) is 12.4. The molecule has 198 valence electrons. The van der Waals surface area contributed by atoms with Crippen LogP contribution in [0.2, 0.25) is 5.02 Å². The van der Waals surface area contributed by atoms with Gasteiger partial charge in [0.1, 0.15) is 6.04 Å². The molecule has 0 saturated heterocycles. The second-order valence-corrected chi connectivity index (χ2v) is 11.3. The number of unbranched alkanes of at least 4 members (excludes halogenated alkanes) is 1. The van der Waals surface area contributed by atoms with E-state index in [2.05, 4.69) is 12.2 Å². The SMILES string of the molecule is CCCCNC(=O)C(CC)N(Cc1ccc(Cl)cc1)C(=O)CCCN(c1ccc(C)cc1)S(C)(=O)=O. The van der Waals surface area contributed by atoms with E-state index in [-0.39, 0.29) is 31.3 Å². The molecule has 36 heavy (non-hydrogen) atoms. The highest BCUT2D eigenvalue weighted by Gasteiger charge is 2.28. The van der Waals surface area contributed by atoms with Crippen LogP contribution in [0, 0.1) is 6.92 Å². The van der Waals surface area contributed by atoms with E-state index < -0.39 is 16.1 Å². The Morgan fingerprint density at radius 3 is 2.19 bits per heavy atom. The number of aryl methyl sites for hydroxylation is 1. The van der Waals surface area contributed by atoms with Gasteiger partial charge in [-0.25, -0.2) is 8.42 Å². The molecule has 1 N–H and O–H groups in total. The third kappa shape index (κ3) is 9.13. The molecule has 0 aliphatic rings. The van der Waals surface area contributed by atoms with Gasteiger partial charge in [0.05, 0.1) is 11.9 Å². The summed E-state index contributed by atoms with van der Waals surface area (Å²) in [6.45, 7) is 6.87. The van der Waals surface area contributed by atoms with Gasteiger partial charge in [-0.3, -0.25) is 13.9 Å². The van der Waals surface area contributed by atoms with Crippen molar-refractivity contribution in [1.82, 2.24) is 10.2 Å².